The number of carbonyl (C=O) groups is 1. The molecule has 2 rings (SSSR count). The highest BCUT2D eigenvalue weighted by Gasteiger charge is 2.12. The summed E-state index contributed by atoms with van der Waals surface area (Å²) in [6.45, 7) is 0.461. The van der Waals surface area contributed by atoms with Crippen LogP contribution in [-0.4, -0.2) is 27.2 Å². The van der Waals surface area contributed by atoms with E-state index in [0.717, 1.165) is 5.69 Å². The number of nitrogens with zero attached hydrogens (tertiary/aromatic N) is 3. The third-order valence-corrected chi connectivity index (χ3v) is 2.82. The van der Waals surface area contributed by atoms with E-state index in [1.807, 2.05) is 19.3 Å². The molecule has 0 aromatic carbocycles. The lowest BCUT2D eigenvalue weighted by Gasteiger charge is -2.05. The Morgan fingerprint density at radius 3 is 2.95 bits per heavy atom. The van der Waals surface area contributed by atoms with E-state index in [9.17, 15) is 4.79 Å². The molecular weight excluding hydrogens is 266 g/mol. The first-order chi connectivity index (χ1) is 9.06. The number of carbonyl (C=O) groups excluding carboxylic acids is 1. The molecule has 100 valence electrons. The molecule has 19 heavy (non-hydrogen) atoms. The topological polar surface area (TPSA) is 85.8 Å². The van der Waals surface area contributed by atoms with Gasteiger partial charge < -0.3 is 11.1 Å². The first-order valence-electron chi connectivity index (χ1n) is 5.75. The molecule has 0 unspecified atom stereocenters. The summed E-state index contributed by atoms with van der Waals surface area (Å²) >= 11 is 5.90. The zero-order chi connectivity index (χ0) is 13.8. The van der Waals surface area contributed by atoms with Crippen LogP contribution in [0.3, 0.4) is 0 Å². The monoisotopic (exact) mass is 279 g/mol. The standard InChI is InChI=1S/C12H14ClN5O/c1-18-7-5-8(17-18)4-6-15-12(19)11-9(13)2-3-10(14)16-11/h2-3,5,7H,4,6H2,1H3,(H2,14,16)(H,15,19). The van der Waals surface area contributed by atoms with Gasteiger partial charge in [-0.15, -0.1) is 0 Å². The van der Waals surface area contributed by atoms with Gasteiger partial charge in [-0.25, -0.2) is 4.98 Å². The third-order valence-electron chi connectivity index (χ3n) is 2.52. The fraction of sp³-hybridized carbons (Fsp3) is 0.250. The Kier molecular flexibility index (Phi) is 4.01. The van der Waals surface area contributed by atoms with Crippen molar-refractivity contribution in [3.05, 3.63) is 40.8 Å². The van der Waals surface area contributed by atoms with E-state index in [-0.39, 0.29) is 22.4 Å². The minimum atomic E-state index is -0.340. The number of rotatable bonds is 4. The Labute approximate surface area is 115 Å². The molecule has 2 aromatic heterocycles. The van der Waals surface area contributed by atoms with E-state index in [4.69, 9.17) is 17.3 Å². The Hall–Kier alpha value is -2.08. The summed E-state index contributed by atoms with van der Waals surface area (Å²) < 4.78 is 1.72. The number of pyridine rings is 1. The molecule has 0 saturated heterocycles. The van der Waals surface area contributed by atoms with Gasteiger partial charge in [-0.1, -0.05) is 11.6 Å². The summed E-state index contributed by atoms with van der Waals surface area (Å²) in [6, 6.07) is 5.00. The number of hydrogen-bond acceptors (Lipinski definition) is 4. The van der Waals surface area contributed by atoms with Crippen LogP contribution in [0.4, 0.5) is 5.82 Å². The van der Waals surface area contributed by atoms with Crippen molar-refractivity contribution in [2.24, 2.45) is 7.05 Å². The first kappa shape index (κ1) is 13.4. The number of amides is 1. The summed E-state index contributed by atoms with van der Waals surface area (Å²) in [5.74, 6) is -0.0764. The van der Waals surface area contributed by atoms with E-state index < -0.39 is 0 Å². The number of halogens is 1. The maximum absolute atomic E-state index is 11.9. The third kappa shape index (κ3) is 3.45. The summed E-state index contributed by atoms with van der Waals surface area (Å²) in [5.41, 5.74) is 6.58. The first-order valence-corrected chi connectivity index (χ1v) is 6.13. The van der Waals surface area contributed by atoms with Crippen molar-refractivity contribution in [2.75, 3.05) is 12.3 Å². The van der Waals surface area contributed by atoms with Gasteiger partial charge in [-0.3, -0.25) is 9.48 Å². The zero-order valence-electron chi connectivity index (χ0n) is 10.4. The molecule has 7 heteroatoms. The average molecular weight is 280 g/mol. The fourth-order valence-corrected chi connectivity index (χ4v) is 1.79. The van der Waals surface area contributed by atoms with E-state index in [1.165, 1.54) is 0 Å². The Balaban J connectivity index is 1.92. The predicted octanol–water partition coefficient (Wildman–Crippen LogP) is 1.02. The van der Waals surface area contributed by atoms with Gasteiger partial charge in [-0.05, 0) is 18.2 Å². The molecule has 0 aliphatic carbocycles. The predicted molar refractivity (Wildman–Crippen MR) is 72.9 cm³/mol. The highest BCUT2D eigenvalue weighted by atomic mass is 35.5. The molecule has 3 N–H and O–H groups in total. The van der Waals surface area contributed by atoms with Crippen molar-refractivity contribution in [1.29, 1.82) is 0 Å². The normalized spacial score (nSPS) is 10.4. The summed E-state index contributed by atoms with van der Waals surface area (Å²) in [6.07, 6.45) is 2.50. The Bertz CT molecular complexity index is 596. The molecule has 0 radical (unpaired) electrons. The van der Waals surface area contributed by atoms with E-state index in [1.54, 1.807) is 16.8 Å². The van der Waals surface area contributed by atoms with Crippen molar-refractivity contribution in [1.82, 2.24) is 20.1 Å². The number of aromatic nitrogens is 3. The van der Waals surface area contributed by atoms with Gasteiger partial charge in [0.15, 0.2) is 0 Å². The van der Waals surface area contributed by atoms with Crippen LogP contribution in [-0.2, 0) is 13.5 Å². The quantitative estimate of drug-likeness (QED) is 0.875. The average Bonchev–Trinajstić information content (AvgIpc) is 2.78. The van der Waals surface area contributed by atoms with Crippen molar-refractivity contribution < 1.29 is 4.79 Å². The van der Waals surface area contributed by atoms with Crippen molar-refractivity contribution >= 4 is 23.3 Å². The van der Waals surface area contributed by atoms with Crippen molar-refractivity contribution in [3.63, 3.8) is 0 Å². The molecule has 0 atom stereocenters. The summed E-state index contributed by atoms with van der Waals surface area (Å²) in [7, 11) is 1.85. The summed E-state index contributed by atoms with van der Waals surface area (Å²) in [4.78, 5) is 15.8. The van der Waals surface area contributed by atoms with Crippen molar-refractivity contribution in [3.8, 4) is 0 Å². The highest BCUT2D eigenvalue weighted by molar-refractivity contribution is 6.33. The molecule has 0 aliphatic rings. The number of hydrogen-bond donors (Lipinski definition) is 2. The molecule has 0 spiro atoms. The van der Waals surface area contributed by atoms with E-state index in [2.05, 4.69) is 15.4 Å². The van der Waals surface area contributed by atoms with Gasteiger partial charge in [0, 0.05) is 26.2 Å². The smallest absolute Gasteiger partial charge is 0.271 e. The van der Waals surface area contributed by atoms with Gasteiger partial charge in [0.05, 0.1) is 10.7 Å². The molecule has 2 heterocycles. The SMILES string of the molecule is Cn1ccc(CCNC(=O)c2nc(N)ccc2Cl)n1. The molecule has 0 aliphatic heterocycles. The van der Waals surface area contributed by atoms with Gasteiger partial charge in [-0.2, -0.15) is 5.10 Å². The number of nitrogens with one attached hydrogen (secondary N) is 1. The number of anilines is 1. The summed E-state index contributed by atoms with van der Waals surface area (Å²) in [5, 5.41) is 7.23. The minimum Gasteiger partial charge on any atom is -0.384 e. The molecular formula is C12H14ClN5O. The maximum atomic E-state index is 11.9. The van der Waals surface area contributed by atoms with Gasteiger partial charge in [0.25, 0.3) is 5.91 Å². The zero-order valence-corrected chi connectivity index (χ0v) is 11.2. The highest BCUT2D eigenvalue weighted by Crippen LogP contribution is 2.14. The second kappa shape index (κ2) is 5.71. The molecule has 0 fully saturated rings. The number of aryl methyl sites for hydroxylation is 1. The van der Waals surface area contributed by atoms with Crippen LogP contribution >= 0.6 is 11.6 Å². The van der Waals surface area contributed by atoms with Crippen LogP contribution in [0.2, 0.25) is 5.02 Å². The number of nitrogen functional groups attached to an aromatic ring is 1. The minimum absolute atomic E-state index is 0.141. The van der Waals surface area contributed by atoms with E-state index >= 15 is 0 Å². The molecule has 2 aromatic rings. The second-order valence-corrected chi connectivity index (χ2v) is 4.46. The Morgan fingerprint density at radius 2 is 2.26 bits per heavy atom. The number of nitrogens with two attached hydrogens (primary N) is 1. The van der Waals surface area contributed by atoms with Crippen molar-refractivity contribution in [2.45, 2.75) is 6.42 Å². The van der Waals surface area contributed by atoms with Crippen LogP contribution in [0.25, 0.3) is 0 Å². The van der Waals surface area contributed by atoms with Crippen LogP contribution in [0.15, 0.2) is 24.4 Å². The molecule has 6 nitrogen and oxygen atoms in total. The largest absolute Gasteiger partial charge is 0.384 e. The van der Waals surface area contributed by atoms with Gasteiger partial charge >= 0.3 is 0 Å². The molecule has 0 bridgehead atoms. The van der Waals surface area contributed by atoms with Crippen LogP contribution in [0.5, 0.6) is 0 Å². The second-order valence-electron chi connectivity index (χ2n) is 4.05. The van der Waals surface area contributed by atoms with Crippen LogP contribution < -0.4 is 11.1 Å². The fourth-order valence-electron chi connectivity index (χ4n) is 1.60. The lowest BCUT2D eigenvalue weighted by Crippen LogP contribution is -2.27. The van der Waals surface area contributed by atoms with Gasteiger partial charge in [0.1, 0.15) is 11.5 Å². The van der Waals surface area contributed by atoms with Crippen LogP contribution in [0.1, 0.15) is 16.2 Å². The van der Waals surface area contributed by atoms with Crippen LogP contribution in [0, 0.1) is 0 Å². The molecule has 1 amide bonds. The van der Waals surface area contributed by atoms with Gasteiger partial charge in [0.2, 0.25) is 0 Å². The van der Waals surface area contributed by atoms with E-state index in [0.29, 0.717) is 13.0 Å². The maximum Gasteiger partial charge on any atom is 0.271 e. The lowest BCUT2D eigenvalue weighted by atomic mass is 10.3. The Morgan fingerprint density at radius 1 is 1.47 bits per heavy atom. The lowest BCUT2D eigenvalue weighted by molar-refractivity contribution is 0.0949. The molecule has 0 saturated carbocycles.